The van der Waals surface area contributed by atoms with Gasteiger partial charge in [0.1, 0.15) is 66.1 Å². The van der Waals surface area contributed by atoms with Gasteiger partial charge in [0.2, 0.25) is 41.4 Å². The van der Waals surface area contributed by atoms with Gasteiger partial charge in [-0.2, -0.15) is 0 Å². The number of aliphatic carboxylic acids is 1. The van der Waals surface area contributed by atoms with Gasteiger partial charge in [-0.1, -0.05) is 68.4 Å². The van der Waals surface area contributed by atoms with E-state index in [0.717, 1.165) is 16.7 Å². The smallest absolute Gasteiger partial charge is 0.329 e. The van der Waals surface area contributed by atoms with Crippen molar-refractivity contribution < 1.29 is 68.3 Å². The van der Waals surface area contributed by atoms with Gasteiger partial charge in [0.05, 0.1) is 6.42 Å². The third-order valence-corrected chi connectivity index (χ3v) is 11.9. The molecule has 0 aromatic heterocycles. The Morgan fingerprint density at radius 1 is 0.739 bits per heavy atom. The summed E-state index contributed by atoms with van der Waals surface area (Å²) >= 11 is 0. The number of ether oxygens (including phenoxy) is 1. The number of nitrogens with one attached hydrogen (secondary N) is 5. The second-order valence-corrected chi connectivity index (χ2v) is 17.5. The van der Waals surface area contributed by atoms with Crippen LogP contribution in [-0.2, 0) is 67.2 Å². The summed E-state index contributed by atoms with van der Waals surface area (Å²) in [7, 11) is 1.33. The van der Waals surface area contributed by atoms with Gasteiger partial charge >= 0.3 is 11.9 Å². The fraction of sp³-hybridized carbons (Fsp3) is 0.438. The molecule has 3 aromatic carbocycles. The predicted octanol–water partition coefficient (Wildman–Crippen LogP) is -0.218. The van der Waals surface area contributed by atoms with Crippen molar-refractivity contribution in [2.45, 2.75) is 121 Å². The summed E-state index contributed by atoms with van der Waals surface area (Å²) in [4.78, 5) is 127. The molecule has 0 spiro atoms. The number of carboxylic acids is 1. The minimum absolute atomic E-state index is 0.0746. The van der Waals surface area contributed by atoms with Crippen molar-refractivity contribution in [2.24, 2.45) is 5.92 Å². The van der Waals surface area contributed by atoms with E-state index in [9.17, 15) is 58.8 Å². The van der Waals surface area contributed by atoms with Crippen LogP contribution < -0.4 is 26.6 Å². The molecule has 2 heterocycles. The SMILES string of the molecule is CC(=O)NC(CC(=O)O)C(=O)NC1C(=O)NC(Cc2ccc(O)cc2)C(=O)NC2CCC(O)N(C2=O)C(Cc2ccccc2)C(=O)N(C)C(Cc2ccc(O)cc2)C(=O)NC(C(C)C)C(=O)OC1C. The van der Waals surface area contributed by atoms with Crippen molar-refractivity contribution in [3.8, 4) is 11.5 Å². The number of carbonyl (C=O) groups excluding carboxylic acids is 8. The van der Waals surface area contributed by atoms with Crippen molar-refractivity contribution in [2.75, 3.05) is 7.05 Å². The van der Waals surface area contributed by atoms with E-state index in [1.807, 2.05) is 0 Å². The summed E-state index contributed by atoms with van der Waals surface area (Å²) in [5.41, 5.74) is 1.46. The number of fused-ring (bicyclic) bond motifs is 2. The number of aromatic hydroxyl groups is 2. The van der Waals surface area contributed by atoms with Crippen LogP contribution in [0.25, 0.3) is 0 Å². The maximum atomic E-state index is 15.0. The van der Waals surface area contributed by atoms with E-state index < -0.39 is 120 Å². The Morgan fingerprint density at radius 2 is 1.30 bits per heavy atom. The third kappa shape index (κ3) is 14.0. The first-order valence-corrected chi connectivity index (χ1v) is 22.4. The van der Waals surface area contributed by atoms with Crippen LogP contribution >= 0.6 is 0 Å². The molecule has 7 amide bonds. The molecule has 21 nitrogen and oxygen atoms in total. The molecule has 0 saturated carbocycles. The largest absolute Gasteiger partial charge is 0.508 e. The fourth-order valence-electron chi connectivity index (χ4n) is 8.15. The Morgan fingerprint density at radius 3 is 1.87 bits per heavy atom. The first-order valence-electron chi connectivity index (χ1n) is 22.4. The van der Waals surface area contributed by atoms with Crippen LogP contribution in [0, 0.1) is 5.92 Å². The van der Waals surface area contributed by atoms with E-state index in [4.69, 9.17) is 4.74 Å². The molecule has 0 aliphatic carbocycles. The lowest BCUT2D eigenvalue weighted by Crippen LogP contribution is -2.65. The van der Waals surface area contributed by atoms with Crippen molar-refractivity contribution >= 4 is 53.3 Å². The number of nitrogens with zero attached hydrogens (tertiary/aromatic N) is 2. The van der Waals surface area contributed by atoms with Gasteiger partial charge in [0.15, 0.2) is 0 Å². The summed E-state index contributed by atoms with van der Waals surface area (Å²) in [5.74, 6) is -10.0. The van der Waals surface area contributed by atoms with Gasteiger partial charge in [-0.25, -0.2) is 4.79 Å². The molecule has 21 heteroatoms. The van der Waals surface area contributed by atoms with E-state index >= 15 is 4.79 Å². The van der Waals surface area contributed by atoms with Crippen LogP contribution in [0.2, 0.25) is 0 Å². The van der Waals surface area contributed by atoms with Crippen LogP contribution in [0.3, 0.4) is 0 Å². The van der Waals surface area contributed by atoms with Gasteiger partial charge < -0.3 is 61.5 Å². The Balaban J connectivity index is 1.65. The number of amides is 7. The van der Waals surface area contributed by atoms with Crippen molar-refractivity contribution in [3.05, 3.63) is 95.6 Å². The first kappa shape index (κ1) is 52.4. The predicted molar refractivity (Wildman–Crippen MR) is 244 cm³/mol. The number of likely N-dealkylation sites (N-methyl/N-ethyl adjacent to an activating group) is 1. The second-order valence-electron chi connectivity index (χ2n) is 17.5. The minimum Gasteiger partial charge on any atom is -0.508 e. The molecule has 9 unspecified atom stereocenters. The standard InChI is InChI=1S/C48H59N7O14/c1-25(2)40-48(68)69-26(3)41(53-43(63)35(24-39(60)61)49-27(4)56)45(65)51-34(21-29-11-15-31(57)16-12-29)42(62)50-33-19-20-38(59)55(46(33)66)37(23-28-9-7-6-8-10-28)47(67)54(5)36(44(64)52-40)22-30-13-17-32(58)18-14-30/h6-18,25-26,33-38,40-41,57-59H,19-24H2,1-5H3,(H,49,56)(H,50,62)(H,51,65)(H,52,64)(H,53,63)(H,60,61). The summed E-state index contributed by atoms with van der Waals surface area (Å²) in [6.45, 7) is 5.41. The highest BCUT2D eigenvalue weighted by Crippen LogP contribution is 2.26. The zero-order valence-electron chi connectivity index (χ0n) is 38.8. The number of esters is 1. The number of hydrogen-bond donors (Lipinski definition) is 9. The van der Waals surface area contributed by atoms with E-state index in [2.05, 4.69) is 26.6 Å². The fourth-order valence-corrected chi connectivity index (χ4v) is 8.15. The molecule has 9 atom stereocenters. The molecular formula is C48H59N7O14. The molecule has 2 saturated heterocycles. The zero-order chi connectivity index (χ0) is 50.7. The van der Waals surface area contributed by atoms with Gasteiger partial charge in [-0.05, 0) is 66.6 Å². The maximum Gasteiger partial charge on any atom is 0.329 e. The molecule has 2 aliphatic rings. The highest BCUT2D eigenvalue weighted by Gasteiger charge is 2.46. The zero-order valence-corrected chi connectivity index (χ0v) is 38.8. The quantitative estimate of drug-likeness (QED) is 0.106. The number of phenolic OH excluding ortho intramolecular Hbond substituents is 2. The number of cyclic esters (lactones) is 1. The summed E-state index contributed by atoms with van der Waals surface area (Å²) in [6, 6.07) is 9.05. The summed E-state index contributed by atoms with van der Waals surface area (Å²) < 4.78 is 5.79. The number of aliphatic hydroxyl groups excluding tert-OH is 1. The lowest BCUT2D eigenvalue weighted by Gasteiger charge is -2.43. The second kappa shape index (κ2) is 23.5. The average molecular weight is 958 g/mol. The Bertz CT molecular complexity index is 2350. The number of phenols is 2. The molecule has 2 fully saturated rings. The summed E-state index contributed by atoms with van der Waals surface area (Å²) in [5, 5.41) is 53.5. The number of piperidine rings is 1. The van der Waals surface area contributed by atoms with Crippen LogP contribution in [0.4, 0.5) is 0 Å². The number of carbonyl (C=O) groups is 9. The van der Waals surface area contributed by atoms with E-state index in [1.165, 1.54) is 62.5 Å². The van der Waals surface area contributed by atoms with Crippen LogP contribution in [0.1, 0.15) is 63.6 Å². The Kier molecular flexibility index (Phi) is 17.8. The Labute approximate surface area is 397 Å². The highest BCUT2D eigenvalue weighted by molar-refractivity contribution is 5.99. The molecular weight excluding hydrogens is 899 g/mol. The van der Waals surface area contributed by atoms with Gasteiger partial charge in [0.25, 0.3) is 0 Å². The molecule has 9 N–H and O–H groups in total. The number of carboxylic acid groups (broad SMARTS) is 1. The van der Waals surface area contributed by atoms with Crippen LogP contribution in [-0.4, -0.2) is 145 Å². The molecule has 3 aromatic rings. The first-order chi connectivity index (χ1) is 32.6. The van der Waals surface area contributed by atoms with Crippen molar-refractivity contribution in [1.29, 1.82) is 0 Å². The monoisotopic (exact) mass is 957 g/mol. The number of hydrogen-bond acceptors (Lipinski definition) is 13. The summed E-state index contributed by atoms with van der Waals surface area (Å²) in [6.07, 6.45) is -4.95. The normalized spacial score (nSPS) is 24.6. The van der Waals surface area contributed by atoms with E-state index in [-0.39, 0.29) is 43.6 Å². The minimum atomic E-state index is -1.90. The lowest BCUT2D eigenvalue weighted by atomic mass is 9.95. The number of benzene rings is 3. The van der Waals surface area contributed by atoms with Crippen LogP contribution in [0.5, 0.6) is 11.5 Å². The molecule has 5 rings (SSSR count). The van der Waals surface area contributed by atoms with Gasteiger partial charge in [-0.3, -0.25) is 38.4 Å². The van der Waals surface area contributed by atoms with E-state index in [1.54, 1.807) is 44.2 Å². The molecule has 370 valence electrons. The highest BCUT2D eigenvalue weighted by atomic mass is 16.5. The molecule has 69 heavy (non-hydrogen) atoms. The van der Waals surface area contributed by atoms with Gasteiger partial charge in [0, 0.05) is 33.2 Å². The third-order valence-electron chi connectivity index (χ3n) is 11.9. The maximum absolute atomic E-state index is 15.0. The molecule has 0 radical (unpaired) electrons. The van der Waals surface area contributed by atoms with Crippen molar-refractivity contribution in [1.82, 2.24) is 36.4 Å². The average Bonchev–Trinajstić information content (AvgIpc) is 3.29. The number of rotatable bonds is 12. The lowest BCUT2D eigenvalue weighted by molar-refractivity contribution is -0.165. The van der Waals surface area contributed by atoms with E-state index in [0.29, 0.717) is 16.7 Å². The molecule has 2 aliphatic heterocycles. The van der Waals surface area contributed by atoms with Crippen LogP contribution in [0.15, 0.2) is 78.9 Å². The Hall–Kier alpha value is -7.55. The van der Waals surface area contributed by atoms with Crippen molar-refractivity contribution in [3.63, 3.8) is 0 Å². The van der Waals surface area contributed by atoms with Gasteiger partial charge in [-0.15, -0.1) is 0 Å². The number of aliphatic hydroxyl groups is 1. The topological polar surface area (TPSA) is 310 Å². The molecule has 2 bridgehead atoms.